The second kappa shape index (κ2) is 11.2. The van der Waals surface area contributed by atoms with Crippen molar-refractivity contribution in [2.45, 2.75) is 25.7 Å². The predicted molar refractivity (Wildman–Crippen MR) is 135 cm³/mol. The number of ether oxygens (including phenoxy) is 1. The summed E-state index contributed by atoms with van der Waals surface area (Å²) < 4.78 is 19.5. The molecule has 0 aliphatic carbocycles. The van der Waals surface area contributed by atoms with Gasteiger partial charge in [-0.15, -0.1) is 0 Å². The summed E-state index contributed by atoms with van der Waals surface area (Å²) in [6.07, 6.45) is 2.71. The van der Waals surface area contributed by atoms with Crippen molar-refractivity contribution < 1.29 is 13.9 Å². The number of carbonyl (C=O) groups excluding carboxylic acids is 1. The lowest BCUT2D eigenvalue weighted by molar-refractivity contribution is -0.122. The Morgan fingerprint density at radius 2 is 1.82 bits per heavy atom. The van der Waals surface area contributed by atoms with Crippen LogP contribution in [0.1, 0.15) is 23.1 Å². The summed E-state index contributed by atoms with van der Waals surface area (Å²) in [6, 6.07) is 17.7. The first-order valence-corrected chi connectivity index (χ1v) is 12.2. The fourth-order valence-corrected chi connectivity index (χ4v) is 4.92. The molecule has 0 saturated heterocycles. The number of hydrogen-bond donors (Lipinski definition) is 1. The van der Waals surface area contributed by atoms with Crippen LogP contribution in [-0.2, 0) is 24.1 Å². The third-order valence-electron chi connectivity index (χ3n) is 6.15. The molecule has 1 aliphatic heterocycles. The van der Waals surface area contributed by atoms with Gasteiger partial charge in [-0.1, -0.05) is 41.4 Å². The number of nitrogens with zero attached hydrogens (tertiary/aromatic N) is 1. The van der Waals surface area contributed by atoms with Crippen LogP contribution in [-0.4, -0.2) is 25.6 Å². The number of anilines is 1. The molecular formula is C27H27Cl2FN2O2. The molecule has 3 aromatic carbocycles. The van der Waals surface area contributed by atoms with E-state index in [4.69, 9.17) is 33.7 Å². The first kappa shape index (κ1) is 24.5. The molecule has 0 spiro atoms. The third-order valence-corrected chi connectivity index (χ3v) is 6.86. The van der Waals surface area contributed by atoms with Crippen molar-refractivity contribution >= 4 is 34.8 Å². The molecule has 1 heterocycles. The average Bonchev–Trinajstić information content (AvgIpc) is 2.84. The number of hydrogen-bond acceptors (Lipinski definition) is 3. The molecule has 178 valence electrons. The van der Waals surface area contributed by atoms with Gasteiger partial charge < -0.3 is 15.4 Å². The van der Waals surface area contributed by atoms with Gasteiger partial charge in [-0.25, -0.2) is 4.39 Å². The van der Waals surface area contributed by atoms with E-state index in [1.165, 1.54) is 12.1 Å². The van der Waals surface area contributed by atoms with E-state index in [9.17, 15) is 9.18 Å². The van der Waals surface area contributed by atoms with Gasteiger partial charge in [0.15, 0.2) is 0 Å². The molecule has 0 aromatic heterocycles. The number of nitrogens with two attached hydrogens (primary N) is 1. The van der Waals surface area contributed by atoms with Crippen LogP contribution in [0.4, 0.5) is 10.1 Å². The number of carbonyl (C=O) groups is 1. The second-order valence-corrected chi connectivity index (χ2v) is 9.26. The molecule has 0 saturated carbocycles. The molecule has 2 N–H and O–H groups in total. The van der Waals surface area contributed by atoms with Crippen molar-refractivity contribution in [3.8, 4) is 5.75 Å². The molecule has 34 heavy (non-hydrogen) atoms. The van der Waals surface area contributed by atoms with Gasteiger partial charge in [0, 0.05) is 35.2 Å². The number of amides is 1. The summed E-state index contributed by atoms with van der Waals surface area (Å²) in [4.78, 5) is 15.0. The van der Waals surface area contributed by atoms with Gasteiger partial charge >= 0.3 is 0 Å². The maximum absolute atomic E-state index is 13.6. The minimum Gasteiger partial charge on any atom is -0.493 e. The summed E-state index contributed by atoms with van der Waals surface area (Å²) in [5.74, 6) is 0.0763. The standard InChI is InChI=1S/C27H27Cl2FN2O2/c28-24-4-1-5-25(29)23(24)12-14-34-22-9-6-18(7-10-22)15-20(17-31)27(33)32-13-2-3-19-16-21(30)8-11-26(19)32/h1,4-11,16,20H,2-3,12-15,17,31H2. The van der Waals surface area contributed by atoms with Crippen molar-refractivity contribution in [2.24, 2.45) is 11.7 Å². The molecule has 0 fully saturated rings. The molecule has 0 bridgehead atoms. The van der Waals surface area contributed by atoms with Gasteiger partial charge in [-0.3, -0.25) is 4.79 Å². The van der Waals surface area contributed by atoms with E-state index in [0.29, 0.717) is 36.0 Å². The van der Waals surface area contributed by atoms with E-state index in [1.807, 2.05) is 42.5 Å². The van der Waals surface area contributed by atoms with E-state index >= 15 is 0 Å². The largest absolute Gasteiger partial charge is 0.493 e. The highest BCUT2D eigenvalue weighted by atomic mass is 35.5. The molecule has 1 atom stereocenters. The molecule has 7 heteroatoms. The van der Waals surface area contributed by atoms with Crippen molar-refractivity contribution in [1.29, 1.82) is 0 Å². The first-order valence-electron chi connectivity index (χ1n) is 11.4. The summed E-state index contributed by atoms with van der Waals surface area (Å²) in [7, 11) is 0. The Bertz CT molecular complexity index is 1130. The number of fused-ring (bicyclic) bond motifs is 1. The van der Waals surface area contributed by atoms with Crippen molar-refractivity contribution in [2.75, 3.05) is 24.6 Å². The topological polar surface area (TPSA) is 55.6 Å². The highest BCUT2D eigenvalue weighted by molar-refractivity contribution is 6.36. The van der Waals surface area contributed by atoms with Crippen LogP contribution in [0.25, 0.3) is 0 Å². The van der Waals surface area contributed by atoms with Crippen LogP contribution in [0.5, 0.6) is 5.75 Å². The molecule has 1 unspecified atom stereocenters. The normalized spacial score (nSPS) is 13.9. The average molecular weight is 501 g/mol. The van der Waals surface area contributed by atoms with E-state index in [1.54, 1.807) is 11.0 Å². The zero-order valence-corrected chi connectivity index (χ0v) is 20.3. The second-order valence-electron chi connectivity index (χ2n) is 8.45. The monoisotopic (exact) mass is 500 g/mol. The maximum Gasteiger partial charge on any atom is 0.231 e. The minimum atomic E-state index is -0.356. The number of benzene rings is 3. The summed E-state index contributed by atoms with van der Waals surface area (Å²) in [5.41, 5.74) is 9.53. The van der Waals surface area contributed by atoms with Crippen LogP contribution in [0.15, 0.2) is 60.7 Å². The molecule has 4 nitrogen and oxygen atoms in total. The van der Waals surface area contributed by atoms with E-state index in [-0.39, 0.29) is 24.2 Å². The molecular weight excluding hydrogens is 474 g/mol. The molecule has 3 aromatic rings. The lowest BCUT2D eigenvalue weighted by Gasteiger charge is -2.32. The molecule has 1 amide bonds. The van der Waals surface area contributed by atoms with Crippen LogP contribution in [0.2, 0.25) is 10.0 Å². The van der Waals surface area contributed by atoms with Crippen LogP contribution >= 0.6 is 23.2 Å². The molecule has 1 aliphatic rings. The highest BCUT2D eigenvalue weighted by Gasteiger charge is 2.28. The summed E-state index contributed by atoms with van der Waals surface area (Å²) in [5, 5.41) is 1.26. The van der Waals surface area contributed by atoms with Crippen LogP contribution in [0, 0.1) is 11.7 Å². The Morgan fingerprint density at radius 3 is 2.53 bits per heavy atom. The van der Waals surface area contributed by atoms with Gasteiger partial charge in [0.05, 0.1) is 12.5 Å². The lowest BCUT2D eigenvalue weighted by Crippen LogP contribution is -2.42. The zero-order valence-electron chi connectivity index (χ0n) is 18.8. The SMILES string of the molecule is NCC(Cc1ccc(OCCc2c(Cl)cccc2Cl)cc1)C(=O)N1CCCc2cc(F)ccc21. The van der Waals surface area contributed by atoms with Gasteiger partial charge in [0.2, 0.25) is 5.91 Å². The molecule has 4 rings (SSSR count). The van der Waals surface area contributed by atoms with E-state index in [2.05, 4.69) is 0 Å². The van der Waals surface area contributed by atoms with Gasteiger partial charge in [0.25, 0.3) is 0 Å². The smallest absolute Gasteiger partial charge is 0.231 e. The zero-order chi connectivity index (χ0) is 24.1. The summed E-state index contributed by atoms with van der Waals surface area (Å²) >= 11 is 12.4. The Labute approximate surface area is 209 Å². The van der Waals surface area contributed by atoms with Crippen molar-refractivity contribution in [3.05, 3.63) is 93.2 Å². The lowest BCUT2D eigenvalue weighted by atomic mass is 9.95. The predicted octanol–water partition coefficient (Wildman–Crippen LogP) is 5.85. The van der Waals surface area contributed by atoms with Gasteiger partial charge in [0.1, 0.15) is 11.6 Å². The Balaban J connectivity index is 1.36. The fourth-order valence-electron chi connectivity index (χ4n) is 4.33. The Hall–Kier alpha value is -2.60. The quantitative estimate of drug-likeness (QED) is 0.421. The number of rotatable bonds is 8. The van der Waals surface area contributed by atoms with Crippen molar-refractivity contribution in [1.82, 2.24) is 0 Å². The Kier molecular flexibility index (Phi) is 8.09. The van der Waals surface area contributed by atoms with Crippen LogP contribution in [0.3, 0.4) is 0 Å². The van der Waals surface area contributed by atoms with Gasteiger partial charge in [-0.05, 0) is 78.4 Å². The third kappa shape index (κ3) is 5.72. The van der Waals surface area contributed by atoms with E-state index in [0.717, 1.165) is 41.0 Å². The Morgan fingerprint density at radius 1 is 1.09 bits per heavy atom. The van der Waals surface area contributed by atoms with Crippen LogP contribution < -0.4 is 15.4 Å². The van der Waals surface area contributed by atoms with E-state index < -0.39 is 0 Å². The number of halogens is 3. The van der Waals surface area contributed by atoms with Crippen molar-refractivity contribution in [3.63, 3.8) is 0 Å². The fraction of sp³-hybridized carbons (Fsp3) is 0.296. The highest BCUT2D eigenvalue weighted by Crippen LogP contribution is 2.30. The first-order chi connectivity index (χ1) is 16.5. The maximum atomic E-state index is 13.6. The molecule has 0 radical (unpaired) electrons. The number of aryl methyl sites for hydroxylation is 1. The minimum absolute atomic E-state index is 0.0213. The van der Waals surface area contributed by atoms with Gasteiger partial charge in [-0.2, -0.15) is 0 Å². The summed E-state index contributed by atoms with van der Waals surface area (Å²) in [6.45, 7) is 1.31.